The Morgan fingerprint density at radius 3 is 2.37 bits per heavy atom. The number of rotatable bonds is 7. The maximum absolute atomic E-state index is 12.6. The van der Waals surface area contributed by atoms with Gasteiger partial charge in [0.25, 0.3) is 11.8 Å². The molecule has 2 atom stereocenters. The molecule has 0 aromatic heterocycles. The van der Waals surface area contributed by atoms with Gasteiger partial charge in [-0.1, -0.05) is 12.8 Å². The zero-order chi connectivity index (χ0) is 21.5. The van der Waals surface area contributed by atoms with Crippen LogP contribution in [0.5, 0.6) is 11.5 Å². The van der Waals surface area contributed by atoms with Crippen molar-refractivity contribution in [3.63, 3.8) is 0 Å². The van der Waals surface area contributed by atoms with Crippen LogP contribution in [0.3, 0.4) is 0 Å². The van der Waals surface area contributed by atoms with Crippen molar-refractivity contribution < 1.29 is 28.6 Å². The minimum absolute atomic E-state index is 0.149. The van der Waals surface area contributed by atoms with Gasteiger partial charge in [0.1, 0.15) is 18.0 Å². The van der Waals surface area contributed by atoms with Gasteiger partial charge < -0.3 is 24.4 Å². The van der Waals surface area contributed by atoms with Crippen LogP contribution < -0.4 is 14.8 Å². The Balaban J connectivity index is 1.46. The summed E-state index contributed by atoms with van der Waals surface area (Å²) in [4.78, 5) is 38.8. The van der Waals surface area contributed by atoms with Gasteiger partial charge in [-0.3, -0.25) is 14.4 Å². The third kappa shape index (κ3) is 5.43. The lowest BCUT2D eigenvalue weighted by Crippen LogP contribution is -2.51. The molecule has 1 aliphatic carbocycles. The summed E-state index contributed by atoms with van der Waals surface area (Å²) in [6.45, 7) is 0.120. The molecule has 0 spiro atoms. The highest BCUT2D eigenvalue weighted by Crippen LogP contribution is 2.35. The van der Waals surface area contributed by atoms with Crippen LogP contribution in [0, 0.1) is 5.92 Å². The van der Waals surface area contributed by atoms with Crippen molar-refractivity contribution >= 4 is 17.8 Å². The van der Waals surface area contributed by atoms with Crippen molar-refractivity contribution in [2.75, 3.05) is 33.9 Å². The van der Waals surface area contributed by atoms with Crippen LogP contribution in [0.1, 0.15) is 48.9 Å². The summed E-state index contributed by atoms with van der Waals surface area (Å²) in [7, 11) is 2.98. The fourth-order valence-electron chi connectivity index (χ4n) is 4.40. The first-order valence-corrected chi connectivity index (χ1v) is 10.5. The number of nitrogens with zero attached hydrogens (tertiary/aromatic N) is 1. The van der Waals surface area contributed by atoms with Gasteiger partial charge in [0.05, 0.1) is 14.2 Å². The van der Waals surface area contributed by atoms with Gasteiger partial charge in [0, 0.05) is 24.2 Å². The second-order valence-corrected chi connectivity index (χ2v) is 7.79. The van der Waals surface area contributed by atoms with Crippen LogP contribution in [0.2, 0.25) is 0 Å². The predicted octanol–water partition coefficient (Wildman–Crippen LogP) is 2.16. The van der Waals surface area contributed by atoms with Gasteiger partial charge in [0.15, 0.2) is 6.61 Å². The molecule has 0 unspecified atom stereocenters. The molecule has 1 aliphatic heterocycles. The highest BCUT2D eigenvalue weighted by Gasteiger charge is 2.35. The third-order valence-electron chi connectivity index (χ3n) is 5.93. The molecule has 1 saturated carbocycles. The summed E-state index contributed by atoms with van der Waals surface area (Å²) in [6, 6.07) is 5.02. The molecule has 1 aromatic carbocycles. The maximum Gasteiger partial charge on any atom is 0.325 e. The Hall–Kier alpha value is -2.77. The number of likely N-dealkylation sites (tertiary alicyclic amines) is 1. The zero-order valence-electron chi connectivity index (χ0n) is 17.6. The van der Waals surface area contributed by atoms with Crippen LogP contribution in [0.25, 0.3) is 0 Å². The third-order valence-corrected chi connectivity index (χ3v) is 5.93. The van der Waals surface area contributed by atoms with Crippen molar-refractivity contribution in [2.24, 2.45) is 5.92 Å². The smallest absolute Gasteiger partial charge is 0.325 e. The van der Waals surface area contributed by atoms with E-state index in [0.29, 0.717) is 23.0 Å². The number of amides is 2. The second kappa shape index (κ2) is 10.3. The molecule has 0 radical (unpaired) electrons. The van der Waals surface area contributed by atoms with E-state index in [2.05, 4.69) is 5.32 Å². The number of esters is 1. The Labute approximate surface area is 176 Å². The number of hydrogen-bond donors (Lipinski definition) is 1. The lowest BCUT2D eigenvalue weighted by atomic mass is 9.78. The van der Waals surface area contributed by atoms with Crippen LogP contribution >= 0.6 is 0 Å². The molecule has 2 fully saturated rings. The first-order chi connectivity index (χ1) is 14.5. The van der Waals surface area contributed by atoms with Gasteiger partial charge in [-0.15, -0.1) is 0 Å². The normalized spacial score (nSPS) is 20.7. The minimum Gasteiger partial charge on any atom is -0.497 e. The summed E-state index contributed by atoms with van der Waals surface area (Å²) in [5.41, 5.74) is 0.298. The summed E-state index contributed by atoms with van der Waals surface area (Å²) in [6.07, 6.45) is 6.76. The lowest BCUT2D eigenvalue weighted by molar-refractivity contribution is -0.154. The number of piperidine rings is 1. The molecule has 2 aliphatic rings. The second-order valence-electron chi connectivity index (χ2n) is 7.79. The van der Waals surface area contributed by atoms with Crippen LogP contribution in [-0.4, -0.2) is 62.6 Å². The number of ether oxygens (including phenoxy) is 3. The highest BCUT2D eigenvalue weighted by molar-refractivity contribution is 5.96. The quantitative estimate of drug-likeness (QED) is 0.682. The first-order valence-electron chi connectivity index (χ1n) is 10.5. The Kier molecular flexibility index (Phi) is 7.54. The average Bonchev–Trinajstić information content (AvgIpc) is 2.80. The predicted molar refractivity (Wildman–Crippen MR) is 110 cm³/mol. The van der Waals surface area contributed by atoms with Crippen LogP contribution in [-0.2, 0) is 14.3 Å². The number of hydrogen-bond acceptors (Lipinski definition) is 6. The van der Waals surface area contributed by atoms with Crippen LogP contribution in [0.15, 0.2) is 18.2 Å². The van der Waals surface area contributed by atoms with Crippen molar-refractivity contribution in [3.8, 4) is 11.5 Å². The Bertz CT molecular complexity index is 757. The van der Waals surface area contributed by atoms with E-state index in [4.69, 9.17) is 14.2 Å². The first kappa shape index (κ1) is 21.9. The Morgan fingerprint density at radius 2 is 1.67 bits per heavy atom. The lowest BCUT2D eigenvalue weighted by Gasteiger charge is -2.44. The summed E-state index contributed by atoms with van der Waals surface area (Å²) in [5.74, 6) is 0.251. The molecular weight excluding hydrogens is 388 g/mol. The van der Waals surface area contributed by atoms with E-state index in [1.165, 1.54) is 33.5 Å². The fourth-order valence-corrected chi connectivity index (χ4v) is 4.40. The summed E-state index contributed by atoms with van der Waals surface area (Å²) < 4.78 is 15.4. The number of carbonyl (C=O) groups excluding carboxylic acids is 3. The van der Waals surface area contributed by atoms with Gasteiger partial charge in [-0.25, -0.2) is 0 Å². The van der Waals surface area contributed by atoms with Gasteiger partial charge in [-0.05, 0) is 43.7 Å². The van der Waals surface area contributed by atoms with Gasteiger partial charge in [-0.2, -0.15) is 0 Å². The van der Waals surface area contributed by atoms with Gasteiger partial charge >= 0.3 is 5.97 Å². The van der Waals surface area contributed by atoms with Crippen LogP contribution in [0.4, 0.5) is 0 Å². The standard InChI is InChI=1S/C22H30N2O6/c1-28-17-10-16(11-18(12-17)29-2)22(27)23-13-21(26)30-14-20(25)24-9-5-7-15-6-3-4-8-19(15)24/h10-12,15,19H,3-9,13-14H2,1-2H3,(H,23,27)/t15-,19-/m0/s1. The number of methoxy groups -OCH3 is 2. The molecule has 1 aromatic rings. The van der Waals surface area contributed by atoms with E-state index in [9.17, 15) is 14.4 Å². The molecule has 30 heavy (non-hydrogen) atoms. The fraction of sp³-hybridized carbons (Fsp3) is 0.591. The molecule has 2 amide bonds. The van der Waals surface area contributed by atoms with E-state index < -0.39 is 11.9 Å². The van der Waals surface area contributed by atoms with E-state index in [1.807, 2.05) is 4.90 Å². The molecule has 164 valence electrons. The number of benzene rings is 1. The molecule has 1 saturated heterocycles. The highest BCUT2D eigenvalue weighted by atomic mass is 16.5. The molecule has 1 heterocycles. The molecule has 0 bridgehead atoms. The monoisotopic (exact) mass is 418 g/mol. The topological polar surface area (TPSA) is 94.2 Å². The zero-order valence-corrected chi connectivity index (χ0v) is 17.6. The number of nitrogens with one attached hydrogen (secondary N) is 1. The van der Waals surface area contributed by atoms with Crippen molar-refractivity contribution in [3.05, 3.63) is 23.8 Å². The SMILES string of the molecule is COc1cc(OC)cc(C(=O)NCC(=O)OCC(=O)N2CCC[C@@H]3CCCC[C@@H]32)c1. The number of fused-ring (bicyclic) bond motifs is 1. The summed E-state index contributed by atoms with van der Waals surface area (Å²) in [5, 5.41) is 2.50. The van der Waals surface area contributed by atoms with E-state index >= 15 is 0 Å². The molecule has 3 rings (SSSR count). The Morgan fingerprint density at radius 1 is 1.00 bits per heavy atom. The molecule has 8 nitrogen and oxygen atoms in total. The molecular formula is C22H30N2O6. The average molecular weight is 418 g/mol. The minimum atomic E-state index is -0.649. The van der Waals surface area contributed by atoms with Crippen molar-refractivity contribution in [1.29, 1.82) is 0 Å². The molecule has 8 heteroatoms. The largest absolute Gasteiger partial charge is 0.497 e. The molecule has 1 N–H and O–H groups in total. The van der Waals surface area contributed by atoms with E-state index in [0.717, 1.165) is 25.8 Å². The maximum atomic E-state index is 12.6. The van der Waals surface area contributed by atoms with Gasteiger partial charge in [0.2, 0.25) is 0 Å². The van der Waals surface area contributed by atoms with E-state index in [-0.39, 0.29) is 25.1 Å². The number of carbonyl (C=O) groups is 3. The van der Waals surface area contributed by atoms with Crippen molar-refractivity contribution in [1.82, 2.24) is 10.2 Å². The van der Waals surface area contributed by atoms with E-state index in [1.54, 1.807) is 18.2 Å². The summed E-state index contributed by atoms with van der Waals surface area (Å²) >= 11 is 0. The van der Waals surface area contributed by atoms with Crippen molar-refractivity contribution in [2.45, 2.75) is 44.6 Å².